The number of rotatable bonds is 5. The van der Waals surface area contributed by atoms with E-state index >= 15 is 0 Å². The van der Waals surface area contributed by atoms with Gasteiger partial charge in [-0.1, -0.05) is 24.3 Å². The number of carbonyl (C=O) groups is 1. The standard InChI is InChI=1S/C19H17N3O4S/c20-17-3-1-2-16(12-17)15-5-7-18(8-6-15)27(25,26)22-11-10-14(13-22)4-9-19(23)21-24/h1-13,24H,20H2,(H,21,23). The summed E-state index contributed by atoms with van der Waals surface area (Å²) in [5.41, 5.74) is 10.1. The van der Waals surface area contributed by atoms with Crippen LogP contribution in [0.5, 0.6) is 0 Å². The molecular formula is C19H17N3O4S. The van der Waals surface area contributed by atoms with Crippen molar-refractivity contribution in [1.82, 2.24) is 9.45 Å². The molecule has 4 N–H and O–H groups in total. The fourth-order valence-corrected chi connectivity index (χ4v) is 3.71. The van der Waals surface area contributed by atoms with Crippen LogP contribution in [-0.4, -0.2) is 23.5 Å². The van der Waals surface area contributed by atoms with Crippen LogP contribution in [0, 0.1) is 0 Å². The zero-order valence-electron chi connectivity index (χ0n) is 14.1. The summed E-state index contributed by atoms with van der Waals surface area (Å²) in [6, 6.07) is 15.4. The SMILES string of the molecule is Nc1cccc(-c2ccc(S(=O)(=O)n3ccc(C=CC(=O)NO)c3)cc2)c1. The number of nitrogen functional groups attached to an aromatic ring is 1. The molecule has 7 nitrogen and oxygen atoms in total. The minimum Gasteiger partial charge on any atom is -0.399 e. The Labute approximate surface area is 156 Å². The molecule has 3 aromatic rings. The summed E-state index contributed by atoms with van der Waals surface area (Å²) >= 11 is 0. The first-order chi connectivity index (χ1) is 12.9. The number of carbonyl (C=O) groups excluding carboxylic acids is 1. The van der Waals surface area contributed by atoms with E-state index in [1.807, 2.05) is 18.2 Å². The number of nitrogens with one attached hydrogen (secondary N) is 1. The van der Waals surface area contributed by atoms with Crippen LogP contribution in [0.1, 0.15) is 5.56 Å². The van der Waals surface area contributed by atoms with Gasteiger partial charge in [-0.25, -0.2) is 17.9 Å². The van der Waals surface area contributed by atoms with E-state index in [0.29, 0.717) is 11.3 Å². The van der Waals surface area contributed by atoms with Crippen molar-refractivity contribution in [3.63, 3.8) is 0 Å². The molecule has 0 aliphatic rings. The van der Waals surface area contributed by atoms with Crippen LogP contribution in [0.25, 0.3) is 17.2 Å². The zero-order chi connectivity index (χ0) is 19.4. The first-order valence-corrected chi connectivity index (χ1v) is 9.36. The number of anilines is 1. The minimum absolute atomic E-state index is 0.134. The Morgan fingerprint density at radius 2 is 1.81 bits per heavy atom. The molecule has 1 aromatic heterocycles. The van der Waals surface area contributed by atoms with Gasteiger partial charge >= 0.3 is 0 Å². The smallest absolute Gasteiger partial charge is 0.267 e. The topological polar surface area (TPSA) is 114 Å². The van der Waals surface area contributed by atoms with Crippen molar-refractivity contribution in [2.24, 2.45) is 0 Å². The van der Waals surface area contributed by atoms with E-state index in [4.69, 9.17) is 10.9 Å². The number of benzene rings is 2. The van der Waals surface area contributed by atoms with Crippen molar-refractivity contribution in [2.45, 2.75) is 4.90 Å². The third-order valence-corrected chi connectivity index (χ3v) is 5.53. The van der Waals surface area contributed by atoms with Gasteiger partial charge in [-0.15, -0.1) is 0 Å². The quantitative estimate of drug-likeness (QED) is 0.271. The Morgan fingerprint density at radius 3 is 2.48 bits per heavy atom. The van der Waals surface area contributed by atoms with E-state index in [1.54, 1.807) is 24.3 Å². The highest BCUT2D eigenvalue weighted by Crippen LogP contribution is 2.24. The Balaban J connectivity index is 1.86. The van der Waals surface area contributed by atoms with E-state index in [0.717, 1.165) is 21.2 Å². The molecule has 138 valence electrons. The molecular weight excluding hydrogens is 366 g/mol. The normalized spacial score (nSPS) is 11.6. The highest BCUT2D eigenvalue weighted by Gasteiger charge is 2.16. The summed E-state index contributed by atoms with van der Waals surface area (Å²) in [7, 11) is -3.76. The highest BCUT2D eigenvalue weighted by molar-refractivity contribution is 7.90. The van der Waals surface area contributed by atoms with Gasteiger partial charge in [0.1, 0.15) is 0 Å². The van der Waals surface area contributed by atoms with Gasteiger partial charge in [0.05, 0.1) is 4.90 Å². The lowest BCUT2D eigenvalue weighted by molar-refractivity contribution is -0.124. The van der Waals surface area contributed by atoms with Crippen molar-refractivity contribution < 1.29 is 18.4 Å². The van der Waals surface area contributed by atoms with Gasteiger partial charge in [-0.3, -0.25) is 10.0 Å². The Morgan fingerprint density at radius 1 is 1.07 bits per heavy atom. The van der Waals surface area contributed by atoms with Crippen LogP contribution < -0.4 is 11.2 Å². The third kappa shape index (κ3) is 4.08. The van der Waals surface area contributed by atoms with E-state index < -0.39 is 15.9 Å². The monoisotopic (exact) mass is 383 g/mol. The van der Waals surface area contributed by atoms with Crippen molar-refractivity contribution in [3.05, 3.63) is 78.6 Å². The molecule has 3 rings (SSSR count). The highest BCUT2D eigenvalue weighted by atomic mass is 32.2. The molecule has 0 saturated heterocycles. The van der Waals surface area contributed by atoms with E-state index in [2.05, 4.69) is 0 Å². The lowest BCUT2D eigenvalue weighted by atomic mass is 10.1. The molecule has 1 amide bonds. The van der Waals surface area contributed by atoms with E-state index in [-0.39, 0.29) is 4.90 Å². The second-order valence-corrected chi connectivity index (χ2v) is 7.58. The van der Waals surface area contributed by atoms with Crippen LogP contribution in [0.15, 0.2) is 78.0 Å². The molecule has 0 radical (unpaired) electrons. The molecule has 27 heavy (non-hydrogen) atoms. The van der Waals surface area contributed by atoms with E-state index in [9.17, 15) is 13.2 Å². The summed E-state index contributed by atoms with van der Waals surface area (Å²) in [6.07, 6.45) is 5.24. The molecule has 0 bridgehead atoms. The average molecular weight is 383 g/mol. The first kappa shape index (κ1) is 18.4. The number of hydrogen-bond acceptors (Lipinski definition) is 5. The first-order valence-electron chi connectivity index (χ1n) is 7.92. The molecule has 0 aliphatic heterocycles. The van der Waals surface area contributed by atoms with Gasteiger partial charge in [-0.05, 0) is 53.1 Å². The van der Waals surface area contributed by atoms with Crippen LogP contribution in [0.4, 0.5) is 5.69 Å². The lowest BCUT2D eigenvalue weighted by Crippen LogP contribution is -2.14. The number of nitrogens with zero attached hydrogens (tertiary/aromatic N) is 1. The summed E-state index contributed by atoms with van der Waals surface area (Å²) in [5, 5.41) is 8.46. The molecule has 0 saturated carbocycles. The van der Waals surface area contributed by atoms with Crippen molar-refractivity contribution in [1.29, 1.82) is 0 Å². The molecule has 0 aliphatic carbocycles. The average Bonchev–Trinajstić information content (AvgIpc) is 3.16. The maximum atomic E-state index is 12.7. The summed E-state index contributed by atoms with van der Waals surface area (Å²) in [4.78, 5) is 11.1. The molecule has 0 fully saturated rings. The Bertz CT molecular complexity index is 1100. The third-order valence-electron chi connectivity index (χ3n) is 3.88. The minimum atomic E-state index is -3.76. The summed E-state index contributed by atoms with van der Waals surface area (Å²) < 4.78 is 26.6. The largest absolute Gasteiger partial charge is 0.399 e. The summed E-state index contributed by atoms with van der Waals surface area (Å²) in [6.45, 7) is 0. The summed E-state index contributed by atoms with van der Waals surface area (Å²) in [5.74, 6) is -0.706. The molecule has 0 unspecified atom stereocenters. The molecule has 8 heteroatoms. The Kier molecular flexibility index (Phi) is 5.11. The number of nitrogens with two attached hydrogens (primary N) is 1. The van der Waals surface area contributed by atoms with Gasteiger partial charge in [0.15, 0.2) is 0 Å². The second-order valence-electron chi connectivity index (χ2n) is 5.74. The fourth-order valence-electron chi connectivity index (χ4n) is 2.51. The number of amides is 1. The van der Waals surface area contributed by atoms with Crippen LogP contribution in [-0.2, 0) is 14.8 Å². The predicted octanol–water partition coefficient (Wildman–Crippen LogP) is 2.49. The van der Waals surface area contributed by atoms with Gasteiger partial charge in [0.2, 0.25) is 0 Å². The zero-order valence-corrected chi connectivity index (χ0v) is 14.9. The van der Waals surface area contributed by atoms with Crippen molar-refractivity contribution in [3.8, 4) is 11.1 Å². The van der Waals surface area contributed by atoms with Crippen LogP contribution >= 0.6 is 0 Å². The number of hydrogen-bond donors (Lipinski definition) is 3. The number of aromatic nitrogens is 1. The maximum Gasteiger partial charge on any atom is 0.267 e. The fraction of sp³-hybridized carbons (Fsp3) is 0. The van der Waals surface area contributed by atoms with Crippen LogP contribution in [0.2, 0.25) is 0 Å². The van der Waals surface area contributed by atoms with Gasteiger partial charge in [0, 0.05) is 24.2 Å². The Hall–Kier alpha value is -3.36. The molecule has 2 aromatic carbocycles. The van der Waals surface area contributed by atoms with E-state index in [1.165, 1.54) is 36.1 Å². The lowest BCUT2D eigenvalue weighted by Gasteiger charge is -2.07. The number of hydroxylamine groups is 1. The van der Waals surface area contributed by atoms with Gasteiger partial charge in [0.25, 0.3) is 15.9 Å². The van der Waals surface area contributed by atoms with Gasteiger partial charge < -0.3 is 5.73 Å². The molecule has 0 atom stereocenters. The van der Waals surface area contributed by atoms with Crippen molar-refractivity contribution in [2.75, 3.05) is 5.73 Å². The predicted molar refractivity (Wildman–Crippen MR) is 102 cm³/mol. The van der Waals surface area contributed by atoms with Crippen LogP contribution in [0.3, 0.4) is 0 Å². The molecule has 1 heterocycles. The maximum absolute atomic E-state index is 12.7. The van der Waals surface area contributed by atoms with Crippen molar-refractivity contribution >= 4 is 27.7 Å². The second kappa shape index (κ2) is 7.48. The van der Waals surface area contributed by atoms with Gasteiger partial charge in [-0.2, -0.15) is 0 Å². The molecule has 0 spiro atoms.